The summed E-state index contributed by atoms with van der Waals surface area (Å²) in [7, 11) is 1.72. The second-order valence-electron chi connectivity index (χ2n) is 7.38. The van der Waals surface area contributed by atoms with E-state index in [9.17, 15) is 4.79 Å². The first-order valence-corrected chi connectivity index (χ1v) is 11.6. The third kappa shape index (κ3) is 6.40. The Kier molecular flexibility index (Phi) is 7.36. The number of furan rings is 1. The fourth-order valence-corrected chi connectivity index (χ4v) is 3.84. The summed E-state index contributed by atoms with van der Waals surface area (Å²) in [6.07, 6.45) is 0. The summed E-state index contributed by atoms with van der Waals surface area (Å²) < 4.78 is 17.1. The molecule has 0 saturated carbocycles. The van der Waals surface area contributed by atoms with Crippen LogP contribution in [0.25, 0.3) is 11.3 Å². The molecule has 0 saturated heterocycles. The molecule has 4 rings (SSSR count). The molecule has 7 nitrogen and oxygen atoms in total. The fourth-order valence-electron chi connectivity index (χ4n) is 2.99. The number of ether oxygens (including phenoxy) is 1. The van der Waals surface area contributed by atoms with Gasteiger partial charge >= 0.3 is 0 Å². The molecule has 33 heavy (non-hydrogen) atoms. The summed E-state index contributed by atoms with van der Waals surface area (Å²) in [4.78, 5) is 14.1. The number of hydrogen-bond donors (Lipinski definition) is 0. The maximum atomic E-state index is 12.5. The van der Waals surface area contributed by atoms with Gasteiger partial charge in [0.1, 0.15) is 17.3 Å². The monoisotopic (exact) mass is 483 g/mol. The van der Waals surface area contributed by atoms with E-state index >= 15 is 0 Å². The van der Waals surface area contributed by atoms with Gasteiger partial charge in [-0.1, -0.05) is 35.5 Å². The minimum absolute atomic E-state index is 0.0831. The van der Waals surface area contributed by atoms with Crippen molar-refractivity contribution in [2.75, 3.05) is 12.8 Å². The molecule has 0 unspecified atom stereocenters. The maximum absolute atomic E-state index is 12.5. The lowest BCUT2D eigenvalue weighted by atomic mass is 10.2. The highest BCUT2D eigenvalue weighted by molar-refractivity contribution is 7.99. The molecule has 0 spiro atoms. The summed E-state index contributed by atoms with van der Waals surface area (Å²) in [5.41, 5.74) is 2.03. The number of aryl methyl sites for hydroxylation is 1. The Balaban J connectivity index is 1.25. The minimum Gasteiger partial charge on any atom is -0.484 e. The van der Waals surface area contributed by atoms with Crippen LogP contribution in [0.4, 0.5) is 0 Å². The second kappa shape index (κ2) is 10.6. The zero-order chi connectivity index (χ0) is 23.2. The fraction of sp³-hybridized carbons (Fsp3) is 0.208. The van der Waals surface area contributed by atoms with Gasteiger partial charge in [-0.2, -0.15) is 0 Å². The average molecular weight is 484 g/mol. The van der Waals surface area contributed by atoms with Gasteiger partial charge in [0.15, 0.2) is 6.61 Å². The Morgan fingerprint density at radius 1 is 1.09 bits per heavy atom. The molecular weight excluding hydrogens is 462 g/mol. The molecule has 2 aromatic carbocycles. The highest BCUT2D eigenvalue weighted by Crippen LogP contribution is 2.25. The first-order chi connectivity index (χ1) is 16.0. The smallest absolute Gasteiger partial charge is 0.277 e. The van der Waals surface area contributed by atoms with Crippen LogP contribution in [0.3, 0.4) is 0 Å². The number of benzene rings is 2. The van der Waals surface area contributed by atoms with Crippen LogP contribution < -0.4 is 4.74 Å². The number of carbonyl (C=O) groups is 1. The predicted octanol–water partition coefficient (Wildman–Crippen LogP) is 5.62. The van der Waals surface area contributed by atoms with E-state index < -0.39 is 0 Å². The Hall–Kier alpha value is -3.23. The van der Waals surface area contributed by atoms with Crippen LogP contribution in [0.15, 0.2) is 74.7 Å². The summed E-state index contributed by atoms with van der Waals surface area (Å²) in [5, 5.41) is 8.93. The van der Waals surface area contributed by atoms with E-state index in [0.717, 1.165) is 22.6 Å². The quantitative estimate of drug-likeness (QED) is 0.286. The van der Waals surface area contributed by atoms with Crippen molar-refractivity contribution in [2.45, 2.75) is 25.3 Å². The number of carbonyl (C=O) groups excluding carboxylic acids is 1. The predicted molar refractivity (Wildman–Crippen MR) is 126 cm³/mol. The van der Waals surface area contributed by atoms with Crippen molar-refractivity contribution in [1.82, 2.24) is 15.1 Å². The van der Waals surface area contributed by atoms with Crippen LogP contribution >= 0.6 is 23.4 Å². The average Bonchev–Trinajstić information content (AvgIpc) is 3.46. The van der Waals surface area contributed by atoms with E-state index in [1.54, 1.807) is 11.9 Å². The van der Waals surface area contributed by atoms with E-state index in [0.29, 0.717) is 28.4 Å². The molecule has 0 aliphatic heterocycles. The van der Waals surface area contributed by atoms with Crippen molar-refractivity contribution in [3.63, 3.8) is 0 Å². The van der Waals surface area contributed by atoms with Crippen molar-refractivity contribution in [3.8, 4) is 17.1 Å². The van der Waals surface area contributed by atoms with E-state index in [2.05, 4.69) is 10.2 Å². The molecule has 2 aromatic heterocycles. The zero-order valence-corrected chi connectivity index (χ0v) is 19.7. The van der Waals surface area contributed by atoms with E-state index in [-0.39, 0.29) is 18.3 Å². The van der Waals surface area contributed by atoms with Crippen LogP contribution in [0.5, 0.6) is 5.75 Å². The van der Waals surface area contributed by atoms with Gasteiger partial charge in [-0.15, -0.1) is 10.2 Å². The van der Waals surface area contributed by atoms with Crippen molar-refractivity contribution >= 4 is 29.3 Å². The van der Waals surface area contributed by atoms with Gasteiger partial charge in [0.2, 0.25) is 5.91 Å². The Morgan fingerprint density at radius 3 is 2.70 bits per heavy atom. The molecule has 0 fully saturated rings. The van der Waals surface area contributed by atoms with Crippen molar-refractivity contribution in [1.29, 1.82) is 0 Å². The summed E-state index contributed by atoms with van der Waals surface area (Å²) in [6, 6.07) is 18.8. The molecule has 2 heterocycles. The summed E-state index contributed by atoms with van der Waals surface area (Å²) in [6.45, 7) is 2.51. The molecule has 9 heteroatoms. The van der Waals surface area contributed by atoms with Gasteiger partial charge in [-0.3, -0.25) is 4.79 Å². The van der Waals surface area contributed by atoms with Gasteiger partial charge in [0.05, 0.1) is 12.3 Å². The highest BCUT2D eigenvalue weighted by Gasteiger charge is 2.15. The van der Waals surface area contributed by atoms with Crippen LogP contribution in [0.2, 0.25) is 5.02 Å². The van der Waals surface area contributed by atoms with Crippen LogP contribution in [-0.4, -0.2) is 33.8 Å². The number of amides is 1. The highest BCUT2D eigenvalue weighted by atomic mass is 35.5. The van der Waals surface area contributed by atoms with Gasteiger partial charge < -0.3 is 18.5 Å². The minimum atomic E-state index is -0.0831. The third-order valence-corrected chi connectivity index (χ3v) is 5.78. The number of aromatic nitrogens is 2. The Morgan fingerprint density at radius 2 is 1.91 bits per heavy atom. The number of nitrogens with zero attached hydrogens (tertiary/aromatic N) is 3. The number of thioether (sulfide) groups is 1. The Bertz CT molecular complexity index is 1220. The second-order valence-corrected chi connectivity index (χ2v) is 8.74. The topological polar surface area (TPSA) is 81.6 Å². The Labute approximate surface area is 200 Å². The molecule has 0 bridgehead atoms. The first kappa shape index (κ1) is 22.9. The lowest BCUT2D eigenvalue weighted by Gasteiger charge is -2.14. The van der Waals surface area contributed by atoms with Crippen LogP contribution in [-0.2, 0) is 17.9 Å². The number of hydrogen-bond acceptors (Lipinski definition) is 7. The first-order valence-electron chi connectivity index (χ1n) is 10.2. The summed E-state index contributed by atoms with van der Waals surface area (Å²) >= 11 is 7.12. The molecule has 1 amide bonds. The lowest BCUT2D eigenvalue weighted by Crippen LogP contribution is -2.27. The van der Waals surface area contributed by atoms with Crippen molar-refractivity contribution in [3.05, 3.63) is 82.9 Å². The van der Waals surface area contributed by atoms with Gasteiger partial charge in [-0.25, -0.2) is 0 Å². The SMILES string of the molecule is Cc1cccc(OCc2nnc(SCC(=O)N(C)Cc3ccc(-c4ccc(Cl)cc4)o3)o2)c1. The molecule has 0 atom stereocenters. The van der Waals surface area contributed by atoms with Crippen molar-refractivity contribution in [2.24, 2.45) is 0 Å². The number of rotatable bonds is 9. The zero-order valence-electron chi connectivity index (χ0n) is 18.2. The van der Waals surface area contributed by atoms with Gasteiger partial charge in [0, 0.05) is 17.6 Å². The molecule has 0 aliphatic carbocycles. The molecule has 4 aromatic rings. The largest absolute Gasteiger partial charge is 0.484 e. The molecule has 0 radical (unpaired) electrons. The molecule has 0 aliphatic rings. The number of halogens is 1. The van der Waals surface area contributed by atoms with Crippen LogP contribution in [0, 0.1) is 6.92 Å². The maximum Gasteiger partial charge on any atom is 0.277 e. The van der Waals surface area contributed by atoms with Crippen molar-refractivity contribution < 1.29 is 18.4 Å². The van der Waals surface area contributed by atoms with Crippen LogP contribution in [0.1, 0.15) is 17.2 Å². The molecule has 0 N–H and O–H groups in total. The van der Waals surface area contributed by atoms with E-state index in [4.69, 9.17) is 25.2 Å². The van der Waals surface area contributed by atoms with E-state index in [1.165, 1.54) is 11.8 Å². The lowest BCUT2D eigenvalue weighted by molar-refractivity contribution is -0.127. The van der Waals surface area contributed by atoms with E-state index in [1.807, 2.05) is 67.6 Å². The van der Waals surface area contributed by atoms with Gasteiger partial charge in [-0.05, 0) is 61.0 Å². The normalized spacial score (nSPS) is 10.9. The standard InChI is InChI=1S/C24H22ClN3O4S/c1-16-4-3-5-19(12-16)30-14-22-26-27-24(32-22)33-15-23(29)28(2)13-20-10-11-21(31-20)17-6-8-18(25)9-7-17/h3-12H,13-15H2,1-2H3. The molecular formula is C24H22ClN3O4S. The van der Waals surface area contributed by atoms with Gasteiger partial charge in [0.25, 0.3) is 11.1 Å². The summed E-state index contributed by atoms with van der Waals surface area (Å²) in [5.74, 6) is 2.58. The third-order valence-electron chi connectivity index (χ3n) is 4.73. The molecule has 170 valence electrons.